The van der Waals surface area contributed by atoms with Crippen molar-refractivity contribution in [2.24, 2.45) is 5.92 Å². The number of carbonyl (C=O) groups excluding carboxylic acids is 1. The first-order chi connectivity index (χ1) is 7.91. The van der Waals surface area contributed by atoms with E-state index in [-0.39, 0.29) is 11.5 Å². The van der Waals surface area contributed by atoms with Crippen molar-refractivity contribution in [1.82, 2.24) is 4.90 Å². The molecule has 3 nitrogen and oxygen atoms in total. The van der Waals surface area contributed by atoms with Gasteiger partial charge in [-0.3, -0.25) is 4.79 Å². The van der Waals surface area contributed by atoms with Gasteiger partial charge >= 0.3 is 0 Å². The van der Waals surface area contributed by atoms with Gasteiger partial charge in [0.2, 0.25) is 0 Å². The van der Waals surface area contributed by atoms with E-state index in [2.05, 4.69) is 13.8 Å². The monoisotopic (exact) mass is 238 g/mol. The fourth-order valence-electron chi connectivity index (χ4n) is 1.47. The second-order valence-electron chi connectivity index (χ2n) is 4.65. The molecule has 0 aliphatic carbocycles. The molecule has 0 aliphatic heterocycles. The Balaban J connectivity index is 2.78. The second kappa shape index (κ2) is 5.66. The quantitative estimate of drug-likeness (QED) is 0.819. The fraction of sp³-hybridized carbons (Fsp3) is 0.462. The highest BCUT2D eigenvalue weighted by Crippen LogP contribution is 2.14. The number of rotatable bonds is 4. The summed E-state index contributed by atoms with van der Waals surface area (Å²) >= 11 is 0. The van der Waals surface area contributed by atoms with Crippen LogP contribution in [0.1, 0.15) is 30.6 Å². The van der Waals surface area contributed by atoms with Gasteiger partial charge in [0.15, 0.2) is 0 Å². The lowest BCUT2D eigenvalue weighted by Crippen LogP contribution is -2.29. The molecule has 0 radical (unpaired) electrons. The van der Waals surface area contributed by atoms with Gasteiger partial charge in [0.1, 0.15) is 5.82 Å². The zero-order valence-electron chi connectivity index (χ0n) is 10.5. The maximum Gasteiger partial charge on any atom is 0.256 e. The van der Waals surface area contributed by atoms with E-state index < -0.39 is 5.82 Å². The third kappa shape index (κ3) is 3.73. The van der Waals surface area contributed by atoms with Crippen LogP contribution in [0, 0.1) is 11.7 Å². The lowest BCUT2D eigenvalue weighted by Gasteiger charge is -2.18. The van der Waals surface area contributed by atoms with Crippen LogP contribution in [0.3, 0.4) is 0 Å². The number of nitrogens with zero attached hydrogens (tertiary/aromatic N) is 1. The van der Waals surface area contributed by atoms with E-state index in [9.17, 15) is 9.18 Å². The first-order valence-electron chi connectivity index (χ1n) is 5.72. The highest BCUT2D eigenvalue weighted by molar-refractivity contribution is 5.95. The van der Waals surface area contributed by atoms with Crippen molar-refractivity contribution in [2.75, 3.05) is 19.3 Å². The smallest absolute Gasteiger partial charge is 0.256 e. The number of nitrogens with two attached hydrogens (primary N) is 1. The molecule has 1 amide bonds. The van der Waals surface area contributed by atoms with E-state index >= 15 is 0 Å². The molecule has 1 aromatic rings. The van der Waals surface area contributed by atoms with Crippen LogP contribution < -0.4 is 5.73 Å². The van der Waals surface area contributed by atoms with Crippen molar-refractivity contribution in [3.8, 4) is 0 Å². The van der Waals surface area contributed by atoms with Gasteiger partial charge in [0, 0.05) is 19.3 Å². The van der Waals surface area contributed by atoms with Crippen molar-refractivity contribution in [2.45, 2.75) is 20.3 Å². The van der Waals surface area contributed by atoms with Gasteiger partial charge in [-0.05, 0) is 30.5 Å². The number of anilines is 1. The molecule has 1 rings (SSSR count). The molecular formula is C13H19FN2O. The minimum Gasteiger partial charge on any atom is -0.399 e. The molecule has 4 heteroatoms. The normalized spacial score (nSPS) is 10.6. The molecule has 0 saturated heterocycles. The summed E-state index contributed by atoms with van der Waals surface area (Å²) < 4.78 is 13.5. The summed E-state index contributed by atoms with van der Waals surface area (Å²) in [6.45, 7) is 4.78. The Hall–Kier alpha value is -1.58. The molecule has 0 aliphatic rings. The van der Waals surface area contributed by atoms with Crippen LogP contribution in [-0.4, -0.2) is 24.4 Å². The van der Waals surface area contributed by atoms with Crippen molar-refractivity contribution in [3.63, 3.8) is 0 Å². The molecule has 0 bridgehead atoms. The number of hydrogen-bond donors (Lipinski definition) is 1. The van der Waals surface area contributed by atoms with Crippen molar-refractivity contribution >= 4 is 11.6 Å². The van der Waals surface area contributed by atoms with E-state index in [1.807, 2.05) is 0 Å². The summed E-state index contributed by atoms with van der Waals surface area (Å²) in [7, 11) is 1.67. The predicted octanol–water partition coefficient (Wildman–Crippen LogP) is 2.53. The van der Waals surface area contributed by atoms with Crippen LogP contribution >= 0.6 is 0 Å². The Labute approximate surface area is 101 Å². The van der Waals surface area contributed by atoms with Gasteiger partial charge in [0.25, 0.3) is 5.91 Å². The SMILES string of the molecule is CC(C)CCN(C)C(=O)c1cc(N)ccc1F. The highest BCUT2D eigenvalue weighted by atomic mass is 19.1. The number of hydrogen-bond acceptors (Lipinski definition) is 2. The van der Waals surface area contributed by atoms with E-state index in [0.717, 1.165) is 6.42 Å². The Morgan fingerprint density at radius 1 is 1.47 bits per heavy atom. The molecule has 0 aromatic heterocycles. The molecule has 0 heterocycles. The minimum absolute atomic E-state index is 0.0382. The van der Waals surface area contributed by atoms with Crippen LogP contribution in [0.5, 0.6) is 0 Å². The van der Waals surface area contributed by atoms with Crippen LogP contribution in [0.4, 0.5) is 10.1 Å². The number of nitrogen functional groups attached to an aromatic ring is 1. The van der Waals surface area contributed by atoms with Crippen LogP contribution in [0.2, 0.25) is 0 Å². The predicted molar refractivity (Wildman–Crippen MR) is 67.2 cm³/mol. The van der Waals surface area contributed by atoms with Gasteiger partial charge in [0.05, 0.1) is 5.56 Å². The lowest BCUT2D eigenvalue weighted by molar-refractivity contribution is 0.0784. The van der Waals surface area contributed by atoms with Gasteiger partial charge in [-0.1, -0.05) is 13.8 Å². The zero-order valence-corrected chi connectivity index (χ0v) is 10.5. The number of carbonyl (C=O) groups is 1. The van der Waals surface area contributed by atoms with Crippen LogP contribution in [0.15, 0.2) is 18.2 Å². The van der Waals surface area contributed by atoms with Crippen molar-refractivity contribution < 1.29 is 9.18 Å². The third-order valence-corrected chi connectivity index (χ3v) is 2.61. The molecule has 0 spiro atoms. The summed E-state index contributed by atoms with van der Waals surface area (Å²) in [5, 5.41) is 0. The van der Waals surface area contributed by atoms with Crippen molar-refractivity contribution in [3.05, 3.63) is 29.6 Å². The average molecular weight is 238 g/mol. The molecule has 1 aromatic carbocycles. The summed E-state index contributed by atoms with van der Waals surface area (Å²) in [5.74, 6) is -0.341. The summed E-state index contributed by atoms with van der Waals surface area (Å²) in [4.78, 5) is 13.5. The fourth-order valence-corrected chi connectivity index (χ4v) is 1.47. The van der Waals surface area contributed by atoms with E-state index in [1.165, 1.54) is 23.1 Å². The second-order valence-corrected chi connectivity index (χ2v) is 4.65. The maximum atomic E-state index is 13.5. The standard InChI is InChI=1S/C13H19FN2O/c1-9(2)6-7-16(3)13(17)11-8-10(15)4-5-12(11)14/h4-5,8-9H,6-7,15H2,1-3H3. The largest absolute Gasteiger partial charge is 0.399 e. The van der Waals surface area contributed by atoms with E-state index in [4.69, 9.17) is 5.73 Å². The number of halogens is 1. The summed E-state index contributed by atoms with van der Waals surface area (Å²) in [6.07, 6.45) is 0.895. The number of amides is 1. The van der Waals surface area contributed by atoms with Gasteiger partial charge < -0.3 is 10.6 Å². The van der Waals surface area contributed by atoms with Crippen molar-refractivity contribution in [1.29, 1.82) is 0 Å². The molecule has 0 atom stereocenters. The van der Waals surface area contributed by atoms with Gasteiger partial charge in [-0.25, -0.2) is 4.39 Å². The molecule has 0 unspecified atom stereocenters. The van der Waals surface area contributed by atoms with E-state index in [1.54, 1.807) is 7.05 Å². The molecule has 2 N–H and O–H groups in total. The Kier molecular flexibility index (Phi) is 4.49. The van der Waals surface area contributed by atoms with Gasteiger partial charge in [-0.2, -0.15) is 0 Å². The molecule has 94 valence electrons. The summed E-state index contributed by atoms with van der Waals surface area (Å²) in [6, 6.07) is 4.04. The minimum atomic E-state index is -0.527. The average Bonchev–Trinajstić information content (AvgIpc) is 2.28. The van der Waals surface area contributed by atoms with Crippen LogP contribution in [0.25, 0.3) is 0 Å². The lowest BCUT2D eigenvalue weighted by atomic mass is 10.1. The third-order valence-electron chi connectivity index (χ3n) is 2.61. The van der Waals surface area contributed by atoms with E-state index in [0.29, 0.717) is 18.2 Å². The molecule has 0 saturated carbocycles. The van der Waals surface area contributed by atoms with Gasteiger partial charge in [-0.15, -0.1) is 0 Å². The number of benzene rings is 1. The molecule has 17 heavy (non-hydrogen) atoms. The maximum absolute atomic E-state index is 13.5. The van der Waals surface area contributed by atoms with Crippen LogP contribution in [-0.2, 0) is 0 Å². The first-order valence-corrected chi connectivity index (χ1v) is 5.72. The summed E-state index contributed by atoms with van der Waals surface area (Å²) in [5.41, 5.74) is 5.98. The molecular weight excluding hydrogens is 219 g/mol. The zero-order chi connectivity index (χ0) is 13.0. The topological polar surface area (TPSA) is 46.3 Å². The molecule has 0 fully saturated rings. The highest BCUT2D eigenvalue weighted by Gasteiger charge is 2.16. The first kappa shape index (κ1) is 13.5. The Morgan fingerprint density at radius 3 is 2.71 bits per heavy atom. The Bertz CT molecular complexity index is 404. The Morgan fingerprint density at radius 2 is 2.12 bits per heavy atom.